The summed E-state index contributed by atoms with van der Waals surface area (Å²) in [5.41, 5.74) is -1.16. The zero-order chi connectivity index (χ0) is 12.4. The number of halogens is 6. The van der Waals surface area contributed by atoms with Crippen LogP contribution in [0, 0.1) is 0 Å². The molecule has 0 spiro atoms. The third-order valence-corrected chi connectivity index (χ3v) is 1.44. The van der Waals surface area contributed by atoms with Gasteiger partial charge in [0.15, 0.2) is 6.61 Å². The van der Waals surface area contributed by atoms with Crippen LogP contribution in [0.3, 0.4) is 0 Å². The van der Waals surface area contributed by atoms with E-state index in [-0.39, 0.29) is 0 Å². The molecule has 0 aliphatic rings. The standard InChI is InChI=1S/C8H5F6NO/c9-7(10,11)4-16-6-1-5(2-15-3-6)8(12,13)14/h1-3H,4H2. The van der Waals surface area contributed by atoms with E-state index in [2.05, 4.69) is 9.72 Å². The average molecular weight is 245 g/mol. The summed E-state index contributed by atoms with van der Waals surface area (Å²) in [7, 11) is 0. The molecule has 0 N–H and O–H groups in total. The van der Waals surface area contributed by atoms with Crippen molar-refractivity contribution in [3.05, 3.63) is 24.0 Å². The first-order valence-electron chi connectivity index (χ1n) is 3.90. The number of aromatic nitrogens is 1. The Morgan fingerprint density at radius 1 is 1.06 bits per heavy atom. The van der Waals surface area contributed by atoms with Gasteiger partial charge in [0.25, 0.3) is 0 Å². The maximum absolute atomic E-state index is 12.1. The van der Waals surface area contributed by atoms with Crippen molar-refractivity contribution in [2.45, 2.75) is 12.4 Å². The summed E-state index contributed by atoms with van der Waals surface area (Å²) in [6, 6.07) is 0.457. The Balaban J connectivity index is 2.76. The quantitative estimate of drug-likeness (QED) is 0.747. The molecular weight excluding hydrogens is 240 g/mol. The summed E-state index contributed by atoms with van der Waals surface area (Å²) in [6.07, 6.45) is -7.99. The minimum atomic E-state index is -4.66. The lowest BCUT2D eigenvalue weighted by atomic mass is 10.3. The summed E-state index contributed by atoms with van der Waals surface area (Å²) in [5.74, 6) is -0.577. The number of hydrogen-bond acceptors (Lipinski definition) is 2. The topological polar surface area (TPSA) is 22.1 Å². The molecule has 0 saturated heterocycles. The van der Waals surface area contributed by atoms with Crippen LogP contribution in [0.5, 0.6) is 5.75 Å². The summed E-state index contributed by atoms with van der Waals surface area (Å²) >= 11 is 0. The van der Waals surface area contributed by atoms with Crippen molar-refractivity contribution in [2.75, 3.05) is 6.61 Å². The summed E-state index contributed by atoms with van der Waals surface area (Å²) in [6.45, 7) is -1.66. The maximum Gasteiger partial charge on any atom is 0.422 e. The Morgan fingerprint density at radius 2 is 1.69 bits per heavy atom. The molecule has 0 unspecified atom stereocenters. The zero-order valence-electron chi connectivity index (χ0n) is 7.56. The van der Waals surface area contributed by atoms with Crippen LogP contribution < -0.4 is 4.74 Å². The molecule has 1 heterocycles. The second kappa shape index (κ2) is 4.18. The van der Waals surface area contributed by atoms with Crippen LogP contribution in [0.4, 0.5) is 26.3 Å². The fraction of sp³-hybridized carbons (Fsp3) is 0.375. The molecule has 16 heavy (non-hydrogen) atoms. The van der Waals surface area contributed by atoms with Crippen molar-refractivity contribution in [1.82, 2.24) is 4.98 Å². The molecular formula is C8H5F6NO. The van der Waals surface area contributed by atoms with Crippen molar-refractivity contribution in [3.63, 3.8) is 0 Å². The van der Waals surface area contributed by atoms with Crippen LogP contribution in [0.1, 0.15) is 5.56 Å². The number of hydrogen-bond donors (Lipinski definition) is 0. The third-order valence-electron chi connectivity index (χ3n) is 1.44. The van der Waals surface area contributed by atoms with Crippen LogP contribution in [0.2, 0.25) is 0 Å². The van der Waals surface area contributed by atoms with E-state index in [0.717, 1.165) is 6.20 Å². The van der Waals surface area contributed by atoms with E-state index >= 15 is 0 Å². The lowest BCUT2D eigenvalue weighted by Crippen LogP contribution is -2.19. The van der Waals surface area contributed by atoms with Gasteiger partial charge in [0.05, 0.1) is 11.8 Å². The van der Waals surface area contributed by atoms with Crippen molar-refractivity contribution in [1.29, 1.82) is 0 Å². The number of rotatable bonds is 2. The fourth-order valence-corrected chi connectivity index (χ4v) is 0.818. The minimum absolute atomic E-state index is 0.457. The molecule has 0 amide bonds. The molecule has 0 radical (unpaired) electrons. The van der Waals surface area contributed by atoms with Crippen molar-refractivity contribution >= 4 is 0 Å². The highest BCUT2D eigenvalue weighted by molar-refractivity contribution is 5.25. The third kappa shape index (κ3) is 3.95. The van der Waals surface area contributed by atoms with Gasteiger partial charge in [-0.1, -0.05) is 0 Å². The first kappa shape index (κ1) is 12.6. The van der Waals surface area contributed by atoms with Gasteiger partial charge < -0.3 is 4.74 Å². The first-order chi connectivity index (χ1) is 7.18. The van der Waals surface area contributed by atoms with E-state index in [4.69, 9.17) is 0 Å². The number of nitrogens with zero attached hydrogens (tertiary/aromatic N) is 1. The maximum atomic E-state index is 12.1. The second-order valence-corrected chi connectivity index (χ2v) is 2.81. The molecule has 90 valence electrons. The normalized spacial score (nSPS) is 12.6. The van der Waals surface area contributed by atoms with Gasteiger partial charge in [-0.3, -0.25) is 4.98 Å². The van der Waals surface area contributed by atoms with Crippen LogP contribution in [-0.2, 0) is 6.18 Å². The first-order valence-corrected chi connectivity index (χ1v) is 3.90. The summed E-state index contributed by atoms with van der Waals surface area (Å²) < 4.78 is 75.6. The highest BCUT2D eigenvalue weighted by Crippen LogP contribution is 2.30. The molecule has 8 heteroatoms. The van der Waals surface area contributed by atoms with Crippen LogP contribution >= 0.6 is 0 Å². The van der Waals surface area contributed by atoms with E-state index in [1.54, 1.807) is 0 Å². The van der Waals surface area contributed by atoms with E-state index in [1.807, 2.05) is 0 Å². The Hall–Kier alpha value is -1.47. The fourth-order valence-electron chi connectivity index (χ4n) is 0.818. The Bertz CT molecular complexity index is 358. The molecule has 0 aliphatic carbocycles. The predicted octanol–water partition coefficient (Wildman–Crippen LogP) is 3.04. The highest BCUT2D eigenvalue weighted by Gasteiger charge is 2.32. The van der Waals surface area contributed by atoms with Crippen molar-refractivity contribution < 1.29 is 31.1 Å². The molecule has 0 aliphatic heterocycles. The Kier molecular flexibility index (Phi) is 3.30. The van der Waals surface area contributed by atoms with Gasteiger partial charge in [-0.15, -0.1) is 0 Å². The molecule has 0 atom stereocenters. The number of alkyl halides is 6. The van der Waals surface area contributed by atoms with Crippen LogP contribution in [0.25, 0.3) is 0 Å². The van der Waals surface area contributed by atoms with Gasteiger partial charge in [0.2, 0.25) is 0 Å². The van der Waals surface area contributed by atoms with E-state index in [0.29, 0.717) is 12.3 Å². The Morgan fingerprint density at radius 3 is 2.19 bits per heavy atom. The van der Waals surface area contributed by atoms with Crippen molar-refractivity contribution in [3.8, 4) is 5.75 Å². The van der Waals surface area contributed by atoms with Gasteiger partial charge in [0.1, 0.15) is 5.75 Å². The Labute approximate surface area is 85.9 Å². The van der Waals surface area contributed by atoms with E-state index < -0.39 is 30.3 Å². The minimum Gasteiger partial charge on any atom is -0.482 e. The number of ether oxygens (including phenoxy) is 1. The average Bonchev–Trinajstić information content (AvgIpc) is 2.13. The molecule has 0 saturated carbocycles. The van der Waals surface area contributed by atoms with Crippen LogP contribution in [-0.4, -0.2) is 17.8 Å². The highest BCUT2D eigenvalue weighted by atomic mass is 19.4. The van der Waals surface area contributed by atoms with Gasteiger partial charge in [-0.05, 0) is 6.07 Å². The summed E-state index contributed by atoms with van der Waals surface area (Å²) in [5, 5.41) is 0. The van der Waals surface area contributed by atoms with E-state index in [9.17, 15) is 26.3 Å². The molecule has 2 nitrogen and oxygen atoms in total. The largest absolute Gasteiger partial charge is 0.482 e. The number of pyridine rings is 1. The molecule has 0 bridgehead atoms. The van der Waals surface area contributed by atoms with Gasteiger partial charge >= 0.3 is 12.4 Å². The predicted molar refractivity (Wildman–Crippen MR) is 40.8 cm³/mol. The SMILES string of the molecule is FC(F)(F)COc1cncc(C(F)(F)F)c1. The lowest BCUT2D eigenvalue weighted by molar-refractivity contribution is -0.153. The molecule has 1 aromatic heterocycles. The monoisotopic (exact) mass is 245 g/mol. The molecule has 1 aromatic rings. The smallest absolute Gasteiger partial charge is 0.422 e. The van der Waals surface area contributed by atoms with Gasteiger partial charge in [-0.25, -0.2) is 0 Å². The molecule has 0 fully saturated rings. The molecule has 0 aromatic carbocycles. The summed E-state index contributed by atoms with van der Waals surface area (Å²) in [4.78, 5) is 3.14. The van der Waals surface area contributed by atoms with Gasteiger partial charge in [0, 0.05) is 6.20 Å². The van der Waals surface area contributed by atoms with Crippen molar-refractivity contribution in [2.24, 2.45) is 0 Å². The zero-order valence-corrected chi connectivity index (χ0v) is 7.56. The second-order valence-electron chi connectivity index (χ2n) is 2.81. The van der Waals surface area contributed by atoms with E-state index in [1.165, 1.54) is 0 Å². The van der Waals surface area contributed by atoms with Crippen LogP contribution in [0.15, 0.2) is 18.5 Å². The van der Waals surface area contributed by atoms with Gasteiger partial charge in [-0.2, -0.15) is 26.3 Å². The lowest BCUT2D eigenvalue weighted by Gasteiger charge is -2.10. The molecule has 1 rings (SSSR count).